The van der Waals surface area contributed by atoms with Gasteiger partial charge < -0.3 is 59.3 Å². The van der Waals surface area contributed by atoms with Crippen LogP contribution in [0.1, 0.15) is 28.7 Å². The molecular formula is C27H40N2Na4O12P2. The molecule has 20 heteroatoms. The Morgan fingerprint density at radius 2 is 0.723 bits per heavy atom. The number of aliphatic hydroxyl groups is 6. The molecule has 0 saturated heterocycles. The Morgan fingerprint density at radius 3 is 0.936 bits per heavy atom. The second-order valence-electron chi connectivity index (χ2n) is 10.8. The Hall–Kier alpha value is 2.42. The number of hydrogen-bond acceptors (Lipinski definition) is 14. The average Bonchev–Trinajstić information content (AvgIpc) is 2.95. The van der Waals surface area contributed by atoms with Gasteiger partial charge in [0.25, 0.3) is 0 Å². The third-order valence-corrected chi connectivity index (χ3v) is 9.01. The molecule has 0 amide bonds. The number of aliphatic hydroxyl groups excluding tert-OH is 6. The Kier molecular flexibility index (Phi) is 29.1. The quantitative estimate of drug-likeness (QED) is 0.0545. The molecule has 0 saturated carbocycles. The Bertz CT molecular complexity index is 1110. The van der Waals surface area contributed by atoms with Crippen molar-refractivity contribution in [1.82, 2.24) is 9.80 Å². The predicted molar refractivity (Wildman–Crippen MR) is 149 cm³/mol. The first-order chi connectivity index (χ1) is 20.2. The van der Waals surface area contributed by atoms with E-state index in [-0.39, 0.29) is 144 Å². The zero-order valence-electron chi connectivity index (χ0n) is 27.7. The summed E-state index contributed by atoms with van der Waals surface area (Å²) in [5.41, 5.74) is -0.999. The van der Waals surface area contributed by atoms with Gasteiger partial charge in [0, 0.05) is 38.5 Å². The van der Waals surface area contributed by atoms with E-state index in [1.165, 1.54) is 24.3 Å². The molecule has 2 rings (SSSR count). The SMILES string of the molecule is O=P([O-])([O-])Cc1ccc(CN(CCCN(Cc2ccc(CP(=O)([O-])[O-])cc2)C(CO)(CO)CO)C(CO)(CO)CO)cc1.[Na+].[Na+].[Na+].[Na+]. The van der Waals surface area contributed by atoms with E-state index in [2.05, 4.69) is 0 Å². The summed E-state index contributed by atoms with van der Waals surface area (Å²) in [4.78, 5) is 47.7. The van der Waals surface area contributed by atoms with Gasteiger partial charge in [0.1, 0.15) is 0 Å². The summed E-state index contributed by atoms with van der Waals surface area (Å²) in [6.07, 6.45) is -1.00. The van der Waals surface area contributed by atoms with E-state index in [1.807, 2.05) is 0 Å². The van der Waals surface area contributed by atoms with Crippen LogP contribution in [0.2, 0.25) is 0 Å². The number of hydrogen-bond donors (Lipinski definition) is 6. The van der Waals surface area contributed by atoms with E-state index in [4.69, 9.17) is 0 Å². The van der Waals surface area contributed by atoms with Gasteiger partial charge in [-0.2, -0.15) is 0 Å². The first-order valence-electron chi connectivity index (χ1n) is 13.5. The van der Waals surface area contributed by atoms with Crippen molar-refractivity contribution >= 4 is 15.2 Å². The van der Waals surface area contributed by atoms with Crippen LogP contribution in [0.3, 0.4) is 0 Å². The maximum atomic E-state index is 11.1. The molecule has 0 aliphatic carbocycles. The summed E-state index contributed by atoms with van der Waals surface area (Å²) < 4.78 is 22.2. The fourth-order valence-electron chi connectivity index (χ4n) is 4.71. The Morgan fingerprint density at radius 1 is 0.489 bits per heavy atom. The van der Waals surface area contributed by atoms with Crippen LogP contribution in [-0.2, 0) is 34.5 Å². The number of nitrogens with zero attached hydrogens (tertiary/aromatic N) is 2. The molecule has 244 valence electrons. The van der Waals surface area contributed by atoms with Crippen molar-refractivity contribution in [3.8, 4) is 0 Å². The molecule has 47 heavy (non-hydrogen) atoms. The van der Waals surface area contributed by atoms with E-state index in [9.17, 15) is 59.3 Å². The number of rotatable bonds is 20. The van der Waals surface area contributed by atoms with E-state index in [1.54, 1.807) is 34.1 Å². The average molecular weight is 739 g/mol. The molecule has 0 aliphatic rings. The molecule has 0 bridgehead atoms. The molecular weight excluding hydrogens is 698 g/mol. The predicted octanol–water partition coefficient (Wildman–Crippen LogP) is -15.3. The van der Waals surface area contributed by atoms with Crippen molar-refractivity contribution in [2.75, 3.05) is 52.7 Å². The summed E-state index contributed by atoms with van der Waals surface area (Å²) in [5, 5.41) is 60.6. The molecule has 0 fully saturated rings. The van der Waals surface area contributed by atoms with E-state index >= 15 is 0 Å². The van der Waals surface area contributed by atoms with Crippen LogP contribution in [0.4, 0.5) is 0 Å². The van der Waals surface area contributed by atoms with Crippen molar-refractivity contribution in [2.45, 2.75) is 42.9 Å². The van der Waals surface area contributed by atoms with Crippen LogP contribution >= 0.6 is 15.2 Å². The van der Waals surface area contributed by atoms with Gasteiger partial charge in [-0.05, 0) is 28.7 Å². The minimum atomic E-state index is -4.76. The maximum Gasteiger partial charge on any atom is 1.00 e. The van der Waals surface area contributed by atoms with Gasteiger partial charge in [-0.3, -0.25) is 9.80 Å². The van der Waals surface area contributed by atoms with Gasteiger partial charge >= 0.3 is 118 Å². The fourth-order valence-corrected chi connectivity index (χ4v) is 6.02. The van der Waals surface area contributed by atoms with Crippen molar-refractivity contribution in [1.29, 1.82) is 0 Å². The first-order valence-corrected chi connectivity index (χ1v) is 17.0. The molecule has 6 N–H and O–H groups in total. The fraction of sp³-hybridized carbons (Fsp3) is 0.556. The second kappa shape index (κ2) is 25.4. The smallest absolute Gasteiger partial charge is 0.810 e. The van der Waals surface area contributed by atoms with Crippen molar-refractivity contribution in [3.05, 3.63) is 70.8 Å². The van der Waals surface area contributed by atoms with Crippen molar-refractivity contribution in [3.63, 3.8) is 0 Å². The molecule has 0 aromatic heterocycles. The van der Waals surface area contributed by atoms with Crippen LogP contribution in [-0.4, -0.2) is 104 Å². The largest absolute Gasteiger partial charge is 1.00 e. The summed E-state index contributed by atoms with van der Waals surface area (Å²) in [5.74, 6) is 0. The van der Waals surface area contributed by atoms with Crippen LogP contribution in [0, 0.1) is 0 Å². The van der Waals surface area contributed by atoms with Crippen LogP contribution in [0.25, 0.3) is 0 Å². The molecule has 0 radical (unpaired) electrons. The minimum Gasteiger partial charge on any atom is -0.810 e. The zero-order valence-corrected chi connectivity index (χ0v) is 37.5. The first kappa shape index (κ1) is 53.8. The Balaban J connectivity index is -0.00000484. The van der Waals surface area contributed by atoms with Gasteiger partial charge in [-0.25, -0.2) is 0 Å². The third kappa shape index (κ3) is 17.9. The maximum absolute atomic E-state index is 11.1. The molecule has 2 aromatic rings. The molecule has 0 unspecified atom stereocenters. The van der Waals surface area contributed by atoms with Crippen molar-refractivity contribution < 1.29 is 178 Å². The van der Waals surface area contributed by atoms with Crippen LogP contribution in [0.5, 0.6) is 0 Å². The van der Waals surface area contributed by atoms with E-state index in [0.717, 1.165) is 0 Å². The summed E-state index contributed by atoms with van der Waals surface area (Å²) in [6.45, 7) is -3.02. The summed E-state index contributed by atoms with van der Waals surface area (Å²) in [7, 11) is -9.52. The van der Waals surface area contributed by atoms with Crippen LogP contribution in [0.15, 0.2) is 48.5 Å². The number of benzene rings is 2. The van der Waals surface area contributed by atoms with Crippen molar-refractivity contribution in [2.24, 2.45) is 0 Å². The molecule has 0 atom stereocenters. The van der Waals surface area contributed by atoms with Gasteiger partial charge in [0.2, 0.25) is 0 Å². The normalized spacial score (nSPS) is 12.2. The van der Waals surface area contributed by atoms with Gasteiger partial charge in [-0.1, -0.05) is 63.7 Å². The second-order valence-corrected chi connectivity index (χ2v) is 13.8. The molecule has 0 heterocycles. The molecule has 14 nitrogen and oxygen atoms in total. The molecule has 2 aromatic carbocycles. The summed E-state index contributed by atoms with van der Waals surface area (Å²) >= 11 is 0. The molecule has 0 spiro atoms. The Labute approximate surface area is 364 Å². The van der Waals surface area contributed by atoms with E-state index in [0.29, 0.717) is 28.7 Å². The standard InChI is InChI=1S/C27H44N2O12P2.4Na/c30-16-26(17-31,18-32)28(12-22-2-6-24(7-3-22)14-42(36,37)38)10-1-11-29(27(19-33,20-34)21-35)13-23-4-8-25(9-5-23)15-43(39,40)41;;;;/h2-9,30-35H,1,10-21H2,(H2,36,37,38)(H2,39,40,41);;;;/q;4*+1/p-4. The van der Waals surface area contributed by atoms with Gasteiger partial charge in [0.05, 0.1) is 50.7 Å². The van der Waals surface area contributed by atoms with Gasteiger partial charge in [0.15, 0.2) is 0 Å². The topological polar surface area (TPSA) is 254 Å². The van der Waals surface area contributed by atoms with Gasteiger partial charge in [-0.15, -0.1) is 0 Å². The summed E-state index contributed by atoms with van der Waals surface area (Å²) in [6, 6.07) is 12.3. The monoisotopic (exact) mass is 738 g/mol. The van der Waals surface area contributed by atoms with E-state index < -0.39 is 78.2 Å². The van der Waals surface area contributed by atoms with Crippen LogP contribution < -0.4 is 138 Å². The zero-order chi connectivity index (χ0) is 32.3. The minimum absolute atomic E-state index is 0. The third-order valence-electron chi connectivity index (χ3n) is 7.51. The molecule has 0 aliphatic heterocycles.